The van der Waals surface area contributed by atoms with Crippen molar-refractivity contribution in [3.05, 3.63) is 23.8 Å². The molecule has 0 radical (unpaired) electrons. The van der Waals surface area contributed by atoms with Gasteiger partial charge in [0.15, 0.2) is 6.10 Å². The van der Waals surface area contributed by atoms with Crippen molar-refractivity contribution in [2.24, 2.45) is 35.5 Å². The van der Waals surface area contributed by atoms with Crippen LogP contribution in [0.2, 0.25) is 0 Å². The highest BCUT2D eigenvalue weighted by Crippen LogP contribution is 2.60. The predicted molar refractivity (Wildman–Crippen MR) is 168 cm³/mol. The van der Waals surface area contributed by atoms with Gasteiger partial charge < -0.3 is 33.5 Å². The lowest BCUT2D eigenvalue weighted by Gasteiger charge is -2.48. The molecule has 3 rings (SSSR count). The Morgan fingerprint density at radius 1 is 0.894 bits per heavy atom. The number of esters is 5. The quantitative estimate of drug-likeness (QED) is 0.0996. The highest BCUT2D eigenvalue weighted by atomic mass is 16.6. The summed E-state index contributed by atoms with van der Waals surface area (Å²) in [6.07, 6.45) is -4.17. The lowest BCUT2D eigenvalue weighted by Crippen LogP contribution is -2.58. The monoisotopic (exact) mass is 664 g/mol. The zero-order chi connectivity index (χ0) is 35.5. The number of epoxide rings is 1. The number of aliphatic hydroxyl groups excluding tert-OH is 1. The average molecular weight is 665 g/mol. The summed E-state index contributed by atoms with van der Waals surface area (Å²) in [7, 11) is 0. The molecule has 2 saturated carbocycles. The Morgan fingerprint density at radius 3 is 1.87 bits per heavy atom. The Morgan fingerprint density at radius 2 is 1.43 bits per heavy atom. The van der Waals surface area contributed by atoms with E-state index >= 15 is 0 Å². The Kier molecular flexibility index (Phi) is 12.4. The lowest BCUT2D eigenvalue weighted by atomic mass is 9.61. The van der Waals surface area contributed by atoms with Gasteiger partial charge >= 0.3 is 29.8 Å². The molecule has 12 nitrogen and oxygen atoms in total. The number of carbonyl (C=O) groups excluding carboxylic acids is 5. The van der Waals surface area contributed by atoms with Crippen molar-refractivity contribution in [3.63, 3.8) is 0 Å². The number of hydrogen-bond donors (Lipinski definition) is 1. The first-order chi connectivity index (χ1) is 21.9. The molecule has 1 N–H and O–H groups in total. The van der Waals surface area contributed by atoms with Crippen LogP contribution in [0, 0.1) is 35.5 Å². The van der Waals surface area contributed by atoms with Crippen LogP contribution < -0.4 is 0 Å². The first kappa shape index (κ1) is 38.2. The fraction of sp³-hybridized carbons (Fsp3) is 0.743. The summed E-state index contributed by atoms with van der Waals surface area (Å²) in [6.45, 7) is 20.8. The van der Waals surface area contributed by atoms with Crippen LogP contribution in [0.25, 0.3) is 0 Å². The number of aliphatic hydroxyl groups is 1. The average Bonchev–Trinajstić information content (AvgIpc) is 3.65. The van der Waals surface area contributed by atoms with Crippen LogP contribution in [0.1, 0.15) is 82.1 Å². The Labute approximate surface area is 277 Å². The Balaban J connectivity index is 2.29. The summed E-state index contributed by atoms with van der Waals surface area (Å²) in [5.74, 6) is -6.93. The SMILES string of the molecule is C=C1C(OC(=O)C=C(C)C(C)O)C(OC(=O)C(C)CC)C(C2(C)CO2)C2C1C(OC(=O)C(C)CC)C(OC(C)=O)C2C(C)OC(C)=O. The molecule has 13 atom stereocenters. The van der Waals surface area contributed by atoms with Gasteiger partial charge in [0.25, 0.3) is 0 Å². The van der Waals surface area contributed by atoms with Gasteiger partial charge in [0.2, 0.25) is 0 Å². The third-order valence-corrected chi connectivity index (χ3v) is 10.1. The second-order valence-corrected chi connectivity index (χ2v) is 13.6. The first-order valence-electron chi connectivity index (χ1n) is 16.5. The smallest absolute Gasteiger partial charge is 0.331 e. The van der Waals surface area contributed by atoms with Crippen LogP contribution in [0.5, 0.6) is 0 Å². The summed E-state index contributed by atoms with van der Waals surface area (Å²) in [4.78, 5) is 65.0. The number of hydrogen-bond acceptors (Lipinski definition) is 12. The van der Waals surface area contributed by atoms with E-state index < -0.39 is 108 Å². The van der Waals surface area contributed by atoms with Crippen molar-refractivity contribution in [3.8, 4) is 0 Å². The molecule has 0 aromatic heterocycles. The zero-order valence-electron chi connectivity index (χ0n) is 29.3. The second-order valence-electron chi connectivity index (χ2n) is 13.6. The predicted octanol–water partition coefficient (Wildman–Crippen LogP) is 3.86. The van der Waals surface area contributed by atoms with E-state index in [0.717, 1.165) is 6.08 Å². The summed E-state index contributed by atoms with van der Waals surface area (Å²) >= 11 is 0. The molecule has 0 aromatic rings. The maximum atomic E-state index is 13.4. The third-order valence-electron chi connectivity index (χ3n) is 10.1. The van der Waals surface area contributed by atoms with Crippen molar-refractivity contribution in [1.82, 2.24) is 0 Å². The minimum atomic E-state index is -1.23. The van der Waals surface area contributed by atoms with E-state index in [-0.39, 0.29) is 12.2 Å². The fourth-order valence-corrected chi connectivity index (χ4v) is 6.87. The minimum absolute atomic E-state index is 0.274. The number of fused-ring (bicyclic) bond motifs is 1. The highest BCUT2D eigenvalue weighted by Gasteiger charge is 2.71. The van der Waals surface area contributed by atoms with Crippen LogP contribution in [-0.4, -0.2) is 83.8 Å². The molecule has 0 amide bonds. The maximum absolute atomic E-state index is 13.4. The molecule has 47 heavy (non-hydrogen) atoms. The van der Waals surface area contributed by atoms with Gasteiger partial charge in [-0.3, -0.25) is 19.2 Å². The van der Waals surface area contributed by atoms with Crippen LogP contribution >= 0.6 is 0 Å². The minimum Gasteiger partial charge on any atom is -0.462 e. The van der Waals surface area contributed by atoms with E-state index in [1.54, 1.807) is 27.7 Å². The molecule has 1 saturated heterocycles. The van der Waals surface area contributed by atoms with Crippen LogP contribution in [0.15, 0.2) is 23.8 Å². The molecule has 264 valence electrons. The molecule has 3 fully saturated rings. The lowest BCUT2D eigenvalue weighted by molar-refractivity contribution is -0.185. The van der Waals surface area contributed by atoms with Gasteiger partial charge in [-0.2, -0.15) is 0 Å². The normalized spacial score (nSPS) is 34.2. The molecule has 3 aliphatic rings. The van der Waals surface area contributed by atoms with Crippen molar-refractivity contribution in [2.75, 3.05) is 6.61 Å². The van der Waals surface area contributed by atoms with Gasteiger partial charge in [-0.05, 0) is 57.6 Å². The molecule has 0 aromatic carbocycles. The van der Waals surface area contributed by atoms with Gasteiger partial charge in [-0.1, -0.05) is 34.3 Å². The van der Waals surface area contributed by atoms with E-state index in [2.05, 4.69) is 6.58 Å². The third kappa shape index (κ3) is 8.43. The Bertz CT molecular complexity index is 1250. The Hall–Kier alpha value is -3.25. The number of rotatable bonds is 13. The van der Waals surface area contributed by atoms with E-state index in [9.17, 15) is 29.1 Å². The molecule has 0 bridgehead atoms. The van der Waals surface area contributed by atoms with Gasteiger partial charge in [-0.25, -0.2) is 4.79 Å². The van der Waals surface area contributed by atoms with E-state index in [4.69, 9.17) is 28.4 Å². The second kappa shape index (κ2) is 15.3. The molecule has 0 spiro atoms. The van der Waals surface area contributed by atoms with Gasteiger partial charge in [-0.15, -0.1) is 0 Å². The fourth-order valence-electron chi connectivity index (χ4n) is 6.87. The highest BCUT2D eigenvalue weighted by molar-refractivity contribution is 5.83. The first-order valence-corrected chi connectivity index (χ1v) is 16.5. The van der Waals surface area contributed by atoms with Crippen LogP contribution in [0.3, 0.4) is 0 Å². The summed E-state index contributed by atoms with van der Waals surface area (Å²) in [6, 6.07) is 0. The van der Waals surface area contributed by atoms with Crippen LogP contribution in [-0.2, 0) is 52.4 Å². The summed E-state index contributed by atoms with van der Waals surface area (Å²) < 4.78 is 36.0. The molecule has 1 aliphatic heterocycles. The van der Waals surface area contributed by atoms with Gasteiger partial charge in [0.1, 0.15) is 24.4 Å². The molecule has 1 heterocycles. The van der Waals surface area contributed by atoms with Crippen LogP contribution in [0.4, 0.5) is 0 Å². The topological polar surface area (TPSA) is 164 Å². The van der Waals surface area contributed by atoms with E-state index in [1.807, 2.05) is 20.8 Å². The van der Waals surface area contributed by atoms with E-state index in [0.29, 0.717) is 18.4 Å². The van der Waals surface area contributed by atoms with Crippen molar-refractivity contribution < 1.29 is 57.5 Å². The summed E-state index contributed by atoms with van der Waals surface area (Å²) in [5.41, 5.74) is -0.265. The zero-order valence-corrected chi connectivity index (χ0v) is 29.3. The van der Waals surface area contributed by atoms with E-state index in [1.165, 1.54) is 20.8 Å². The molecular weight excluding hydrogens is 612 g/mol. The molecule has 12 heteroatoms. The largest absolute Gasteiger partial charge is 0.462 e. The standard InChI is InChI=1S/C35H52O12/c1-12-16(3)33(40)46-30-25-19(6)29(45-24(39)14-18(5)20(7)36)32(47-34(41)17(4)13-2)28(35(11)15-42-35)27(25)26(21(8)43-22(9)37)31(30)44-23(10)38/h14,16-17,20-21,25-32,36H,6,12-13,15H2,1-5,7-11H3. The summed E-state index contributed by atoms with van der Waals surface area (Å²) in [5, 5.41) is 9.99. The molecule has 2 aliphatic carbocycles. The van der Waals surface area contributed by atoms with Crippen molar-refractivity contribution in [2.45, 2.75) is 124 Å². The molecular formula is C35H52O12. The van der Waals surface area contributed by atoms with Gasteiger partial charge in [0, 0.05) is 37.7 Å². The number of carbonyl (C=O) groups is 5. The van der Waals surface area contributed by atoms with Crippen molar-refractivity contribution >= 4 is 29.8 Å². The maximum Gasteiger partial charge on any atom is 0.331 e. The van der Waals surface area contributed by atoms with Crippen molar-refractivity contribution in [1.29, 1.82) is 0 Å². The molecule has 13 unspecified atom stereocenters. The number of ether oxygens (including phenoxy) is 6. The van der Waals surface area contributed by atoms with Gasteiger partial charge in [0.05, 0.1) is 30.1 Å².